The highest BCUT2D eigenvalue weighted by atomic mass is 19.1. The second-order valence-corrected chi connectivity index (χ2v) is 6.03. The molecular formula is C19H19F2NO3. The third-order valence-corrected chi connectivity index (χ3v) is 4.24. The monoisotopic (exact) mass is 347 g/mol. The van der Waals surface area contributed by atoms with Crippen LogP contribution in [0, 0.1) is 11.6 Å². The van der Waals surface area contributed by atoms with E-state index in [9.17, 15) is 18.7 Å². The minimum absolute atomic E-state index is 0.0916. The maximum absolute atomic E-state index is 14.0. The van der Waals surface area contributed by atoms with Crippen molar-refractivity contribution in [3.8, 4) is 5.75 Å². The van der Waals surface area contributed by atoms with Gasteiger partial charge in [0.2, 0.25) is 5.91 Å². The predicted molar refractivity (Wildman–Crippen MR) is 88.0 cm³/mol. The Morgan fingerprint density at radius 3 is 2.72 bits per heavy atom. The zero-order valence-corrected chi connectivity index (χ0v) is 13.6. The largest absolute Gasteiger partial charge is 0.493 e. The van der Waals surface area contributed by atoms with Crippen molar-refractivity contribution in [1.82, 2.24) is 4.90 Å². The molecule has 1 heterocycles. The average molecular weight is 347 g/mol. The Hall–Kier alpha value is -2.47. The number of amides is 1. The molecule has 1 aliphatic rings. The summed E-state index contributed by atoms with van der Waals surface area (Å²) in [5, 5.41) is 9.90. The van der Waals surface area contributed by atoms with Gasteiger partial charge in [-0.15, -0.1) is 0 Å². The zero-order valence-electron chi connectivity index (χ0n) is 13.6. The van der Waals surface area contributed by atoms with Gasteiger partial charge in [0.05, 0.1) is 25.2 Å². The van der Waals surface area contributed by atoms with E-state index in [2.05, 4.69) is 0 Å². The molecule has 132 valence electrons. The first-order valence-electron chi connectivity index (χ1n) is 8.15. The minimum Gasteiger partial charge on any atom is -0.493 e. The first-order chi connectivity index (χ1) is 12.0. The smallest absolute Gasteiger partial charge is 0.226 e. The Kier molecular flexibility index (Phi) is 5.28. The first kappa shape index (κ1) is 17.4. The highest BCUT2D eigenvalue weighted by Gasteiger charge is 2.36. The van der Waals surface area contributed by atoms with Crippen molar-refractivity contribution in [1.29, 1.82) is 0 Å². The van der Waals surface area contributed by atoms with Crippen LogP contribution in [-0.4, -0.2) is 35.2 Å². The molecule has 0 bridgehead atoms. The summed E-state index contributed by atoms with van der Waals surface area (Å²) in [5.41, 5.74) is 0.0916. The van der Waals surface area contributed by atoms with Crippen molar-refractivity contribution in [3.05, 3.63) is 65.7 Å². The standard InChI is InChI=1S/C19H19F2NO3/c20-13-6-7-17(21)16(10-13)18-11-14(23)12-22(18)19(24)8-9-25-15-4-2-1-3-5-15/h1-7,10,14,18,23H,8-9,11-12H2/t14-,18-/m0/s1. The van der Waals surface area contributed by atoms with Crippen molar-refractivity contribution >= 4 is 5.91 Å². The minimum atomic E-state index is -0.758. The molecule has 6 heteroatoms. The molecule has 3 rings (SSSR count). The number of hydrogen-bond donors (Lipinski definition) is 1. The lowest BCUT2D eigenvalue weighted by Crippen LogP contribution is -2.33. The van der Waals surface area contributed by atoms with Crippen LogP contribution < -0.4 is 4.74 Å². The van der Waals surface area contributed by atoms with E-state index < -0.39 is 23.8 Å². The van der Waals surface area contributed by atoms with E-state index in [0.29, 0.717) is 5.75 Å². The third kappa shape index (κ3) is 4.14. The van der Waals surface area contributed by atoms with Crippen LogP contribution in [0.5, 0.6) is 5.75 Å². The lowest BCUT2D eigenvalue weighted by atomic mass is 10.0. The molecule has 2 aromatic rings. The summed E-state index contributed by atoms with van der Waals surface area (Å²) in [6.45, 7) is 0.276. The van der Waals surface area contributed by atoms with E-state index in [0.717, 1.165) is 18.2 Å². The topological polar surface area (TPSA) is 49.8 Å². The number of para-hydroxylation sites is 1. The van der Waals surface area contributed by atoms with Crippen LogP contribution in [0.25, 0.3) is 0 Å². The number of carbonyl (C=O) groups is 1. The number of nitrogens with zero attached hydrogens (tertiary/aromatic N) is 1. The second kappa shape index (κ2) is 7.61. The third-order valence-electron chi connectivity index (χ3n) is 4.24. The molecule has 1 N–H and O–H groups in total. The molecule has 0 saturated carbocycles. The van der Waals surface area contributed by atoms with E-state index in [1.54, 1.807) is 12.1 Å². The van der Waals surface area contributed by atoms with Crippen molar-refractivity contribution in [2.45, 2.75) is 25.0 Å². The lowest BCUT2D eigenvalue weighted by molar-refractivity contribution is -0.133. The second-order valence-electron chi connectivity index (χ2n) is 6.03. The summed E-state index contributed by atoms with van der Waals surface area (Å²) in [5.74, 6) is -0.762. The van der Waals surface area contributed by atoms with Crippen molar-refractivity contribution in [3.63, 3.8) is 0 Å². The Morgan fingerprint density at radius 1 is 1.20 bits per heavy atom. The molecule has 0 radical (unpaired) electrons. The van der Waals surface area contributed by atoms with Crippen molar-refractivity contribution in [2.24, 2.45) is 0 Å². The normalized spacial score (nSPS) is 19.9. The Labute approximate surface area is 144 Å². The number of β-amino-alcohol motifs (C(OH)–C–C–N with tert-alkyl or cyclic N) is 1. The van der Waals surface area contributed by atoms with Crippen LogP contribution in [0.3, 0.4) is 0 Å². The fourth-order valence-corrected chi connectivity index (χ4v) is 3.07. The summed E-state index contributed by atoms with van der Waals surface area (Å²) in [6.07, 6.45) is -0.479. The summed E-state index contributed by atoms with van der Waals surface area (Å²) < 4.78 is 33.0. The highest BCUT2D eigenvalue weighted by molar-refractivity contribution is 5.77. The molecule has 2 aromatic carbocycles. The number of likely N-dealkylation sites (tertiary alicyclic amines) is 1. The Morgan fingerprint density at radius 2 is 1.96 bits per heavy atom. The van der Waals surface area contributed by atoms with Crippen LogP contribution >= 0.6 is 0 Å². The van der Waals surface area contributed by atoms with Gasteiger partial charge < -0.3 is 14.7 Å². The summed E-state index contributed by atoms with van der Waals surface area (Å²) in [4.78, 5) is 13.9. The number of hydrogen-bond acceptors (Lipinski definition) is 3. The SMILES string of the molecule is O=C(CCOc1ccccc1)N1C[C@@H](O)C[C@H]1c1cc(F)ccc1F. The maximum Gasteiger partial charge on any atom is 0.226 e. The Balaban J connectivity index is 1.66. The predicted octanol–water partition coefficient (Wildman–Crippen LogP) is 3.07. The molecule has 1 saturated heterocycles. The van der Waals surface area contributed by atoms with Crippen LogP contribution in [0.2, 0.25) is 0 Å². The number of aliphatic hydroxyl groups excluding tert-OH is 1. The molecule has 2 atom stereocenters. The van der Waals surface area contributed by atoms with Gasteiger partial charge in [0.1, 0.15) is 17.4 Å². The van der Waals surface area contributed by atoms with Gasteiger partial charge in [-0.25, -0.2) is 8.78 Å². The van der Waals surface area contributed by atoms with Gasteiger partial charge in [0.15, 0.2) is 0 Å². The molecule has 0 unspecified atom stereocenters. The van der Waals surface area contributed by atoms with E-state index in [-0.39, 0.29) is 37.5 Å². The van der Waals surface area contributed by atoms with Gasteiger partial charge in [-0.3, -0.25) is 4.79 Å². The zero-order chi connectivity index (χ0) is 17.8. The van der Waals surface area contributed by atoms with E-state index in [1.807, 2.05) is 18.2 Å². The molecule has 1 fully saturated rings. The molecular weight excluding hydrogens is 328 g/mol. The van der Waals surface area contributed by atoms with Crippen molar-refractivity contribution in [2.75, 3.05) is 13.2 Å². The number of aliphatic hydroxyl groups is 1. The first-order valence-corrected chi connectivity index (χ1v) is 8.15. The Bertz CT molecular complexity index is 739. The molecule has 1 aliphatic heterocycles. The van der Waals surface area contributed by atoms with Crippen LogP contribution in [0.4, 0.5) is 8.78 Å². The van der Waals surface area contributed by atoms with Gasteiger partial charge in [0, 0.05) is 12.1 Å². The van der Waals surface area contributed by atoms with E-state index in [1.165, 1.54) is 4.90 Å². The van der Waals surface area contributed by atoms with Gasteiger partial charge in [-0.2, -0.15) is 0 Å². The van der Waals surface area contributed by atoms with Crippen LogP contribution in [0.1, 0.15) is 24.4 Å². The molecule has 0 aliphatic carbocycles. The number of carbonyl (C=O) groups excluding carboxylic acids is 1. The molecule has 1 amide bonds. The number of ether oxygens (including phenoxy) is 1. The molecule has 4 nitrogen and oxygen atoms in total. The van der Waals surface area contributed by atoms with Gasteiger partial charge in [-0.05, 0) is 36.8 Å². The molecule has 25 heavy (non-hydrogen) atoms. The molecule has 0 aromatic heterocycles. The number of halogens is 2. The van der Waals surface area contributed by atoms with E-state index in [4.69, 9.17) is 4.74 Å². The fourth-order valence-electron chi connectivity index (χ4n) is 3.07. The fraction of sp³-hybridized carbons (Fsp3) is 0.316. The quantitative estimate of drug-likeness (QED) is 0.904. The summed E-state index contributed by atoms with van der Waals surface area (Å²) >= 11 is 0. The van der Waals surface area contributed by atoms with Crippen LogP contribution in [-0.2, 0) is 4.79 Å². The summed E-state index contributed by atoms with van der Waals surface area (Å²) in [7, 11) is 0. The van der Waals surface area contributed by atoms with Gasteiger partial charge in [0.25, 0.3) is 0 Å². The number of rotatable bonds is 5. The summed E-state index contributed by atoms with van der Waals surface area (Å²) in [6, 6.07) is 11.6. The average Bonchev–Trinajstić information content (AvgIpc) is 2.99. The number of benzene rings is 2. The van der Waals surface area contributed by atoms with E-state index >= 15 is 0 Å². The van der Waals surface area contributed by atoms with Gasteiger partial charge >= 0.3 is 0 Å². The van der Waals surface area contributed by atoms with Crippen LogP contribution in [0.15, 0.2) is 48.5 Å². The molecule has 0 spiro atoms. The highest BCUT2D eigenvalue weighted by Crippen LogP contribution is 2.34. The lowest BCUT2D eigenvalue weighted by Gasteiger charge is -2.25. The van der Waals surface area contributed by atoms with Gasteiger partial charge in [-0.1, -0.05) is 18.2 Å². The van der Waals surface area contributed by atoms with Crippen molar-refractivity contribution < 1.29 is 23.4 Å². The maximum atomic E-state index is 14.0.